The minimum atomic E-state index is -0.0185. The molecule has 0 aliphatic heterocycles. The molecule has 10 heteroatoms. The Hall–Kier alpha value is -2.52. The van der Waals surface area contributed by atoms with Crippen LogP contribution < -0.4 is 34.0 Å². The lowest BCUT2D eigenvalue weighted by molar-refractivity contribution is 0.980. The number of nitrogens with two attached hydrogens (primary N) is 4. The summed E-state index contributed by atoms with van der Waals surface area (Å²) in [4.78, 5) is 0. The molecular weight excluding hydrogens is 200 g/mol. The van der Waals surface area contributed by atoms with E-state index >= 15 is 0 Å². The molecule has 84 valence electrons. The Morgan fingerprint density at radius 2 is 1.60 bits per heavy atom. The van der Waals surface area contributed by atoms with Crippen molar-refractivity contribution in [1.82, 2.24) is 10.9 Å². The zero-order chi connectivity index (χ0) is 11.7. The van der Waals surface area contributed by atoms with Gasteiger partial charge in [0, 0.05) is 0 Å². The first-order valence-corrected chi connectivity index (χ1v) is 3.76. The van der Waals surface area contributed by atoms with Crippen molar-refractivity contribution in [1.29, 1.82) is 0 Å². The molecule has 0 spiro atoms. The molecule has 10 N–H and O–H groups in total. The van der Waals surface area contributed by atoms with Crippen molar-refractivity contribution < 1.29 is 0 Å². The largest absolute Gasteiger partial charge is 0.367 e. The van der Waals surface area contributed by atoms with Gasteiger partial charge >= 0.3 is 0 Å². The molecule has 0 radical (unpaired) electrons. The van der Waals surface area contributed by atoms with Crippen LogP contribution in [0.1, 0.15) is 6.92 Å². The van der Waals surface area contributed by atoms with Gasteiger partial charge in [-0.2, -0.15) is 10.2 Å². The molecular formula is C5H14N10. The summed E-state index contributed by atoms with van der Waals surface area (Å²) in [6.45, 7) is 1.66. The van der Waals surface area contributed by atoms with Crippen LogP contribution >= 0.6 is 0 Å². The quantitative estimate of drug-likeness (QED) is 0.125. The average molecular weight is 214 g/mol. The van der Waals surface area contributed by atoms with Gasteiger partial charge in [0.1, 0.15) is 0 Å². The van der Waals surface area contributed by atoms with Gasteiger partial charge in [0.15, 0.2) is 0 Å². The summed E-state index contributed by atoms with van der Waals surface area (Å²) in [7, 11) is 0. The minimum absolute atomic E-state index is 0.0151. The Kier molecular flexibility index (Phi) is 5.77. The van der Waals surface area contributed by atoms with Crippen molar-refractivity contribution in [2.24, 2.45) is 43.6 Å². The molecule has 0 saturated carbocycles. The monoisotopic (exact) mass is 214 g/mol. The number of hydrogen-bond acceptors (Lipinski definition) is 6. The van der Waals surface area contributed by atoms with Crippen LogP contribution in [0.4, 0.5) is 0 Å². The van der Waals surface area contributed by atoms with E-state index in [0.29, 0.717) is 5.71 Å². The molecule has 0 saturated heterocycles. The molecule has 0 rings (SSSR count). The van der Waals surface area contributed by atoms with Crippen molar-refractivity contribution >= 4 is 23.8 Å². The summed E-state index contributed by atoms with van der Waals surface area (Å²) < 4.78 is 0. The van der Waals surface area contributed by atoms with E-state index in [2.05, 4.69) is 31.3 Å². The van der Waals surface area contributed by atoms with Gasteiger partial charge in [0.2, 0.25) is 11.9 Å². The number of nitrogens with one attached hydrogen (secondary N) is 2. The summed E-state index contributed by atoms with van der Waals surface area (Å²) in [6.07, 6.45) is 1.37. The van der Waals surface area contributed by atoms with Crippen molar-refractivity contribution in [2.45, 2.75) is 6.92 Å². The lowest BCUT2D eigenvalue weighted by atomic mass is 10.5. The first kappa shape index (κ1) is 12.5. The number of hydrogen-bond donors (Lipinski definition) is 6. The van der Waals surface area contributed by atoms with Crippen LogP contribution in [0.15, 0.2) is 20.4 Å². The Morgan fingerprint density at radius 1 is 1.07 bits per heavy atom. The summed E-state index contributed by atoms with van der Waals surface area (Å²) in [5.74, 6) is 9.66. The molecule has 0 aromatic rings. The maximum Gasteiger partial charge on any atom is 0.231 e. The molecule has 0 fully saturated rings. The molecule has 0 aliphatic carbocycles. The van der Waals surface area contributed by atoms with Crippen molar-refractivity contribution in [2.75, 3.05) is 0 Å². The molecule has 0 aromatic carbocycles. The van der Waals surface area contributed by atoms with Gasteiger partial charge in [-0.3, -0.25) is 0 Å². The van der Waals surface area contributed by atoms with Gasteiger partial charge in [-0.1, -0.05) is 0 Å². The Morgan fingerprint density at radius 3 is 2.13 bits per heavy atom. The number of nitrogens with zero attached hydrogens (tertiary/aromatic N) is 4. The standard InChI is InChI=1S/C5H14N10/c1-3(13-15-5(7)12-9)2-10-14-4(6)11-8/h2H,8-9H2,1H3,(H3,6,11,14)(H3,7,12,15)/b10-2-,13-3-. The first-order chi connectivity index (χ1) is 7.10. The van der Waals surface area contributed by atoms with Crippen LogP contribution in [0.5, 0.6) is 0 Å². The molecule has 10 nitrogen and oxygen atoms in total. The first-order valence-electron chi connectivity index (χ1n) is 3.76. The third kappa shape index (κ3) is 6.62. The number of hydrazone groups is 4. The SMILES string of the molecule is CC(/C=N\NC(N)=NN)=N/NC(N)=NN. The Bertz CT molecular complexity index is 299. The smallest absolute Gasteiger partial charge is 0.231 e. The normalized spacial score (nSPS) is 14.3. The maximum atomic E-state index is 5.21. The molecule has 0 amide bonds. The molecule has 0 bridgehead atoms. The second-order valence-electron chi connectivity index (χ2n) is 2.26. The molecule has 0 aliphatic rings. The van der Waals surface area contributed by atoms with Crippen molar-refractivity contribution in [3.05, 3.63) is 0 Å². The Labute approximate surface area is 86.1 Å². The van der Waals surface area contributed by atoms with Crippen LogP contribution in [0.25, 0.3) is 0 Å². The van der Waals surface area contributed by atoms with Gasteiger partial charge in [0.05, 0.1) is 11.9 Å². The molecule has 0 aromatic heterocycles. The van der Waals surface area contributed by atoms with E-state index in [1.165, 1.54) is 6.21 Å². The highest BCUT2D eigenvalue weighted by molar-refractivity contribution is 6.29. The molecule has 0 unspecified atom stereocenters. The van der Waals surface area contributed by atoms with Gasteiger partial charge < -0.3 is 23.2 Å². The summed E-state index contributed by atoms with van der Waals surface area (Å²) in [5.41, 5.74) is 15.6. The topological polar surface area (TPSA) is 178 Å². The third-order valence-corrected chi connectivity index (χ3v) is 1.06. The summed E-state index contributed by atoms with van der Waals surface area (Å²) in [6, 6.07) is 0. The fourth-order valence-corrected chi connectivity index (χ4v) is 0.424. The summed E-state index contributed by atoms with van der Waals surface area (Å²) >= 11 is 0. The number of guanidine groups is 2. The van der Waals surface area contributed by atoms with E-state index in [4.69, 9.17) is 23.2 Å². The van der Waals surface area contributed by atoms with E-state index in [1.807, 2.05) is 0 Å². The second kappa shape index (κ2) is 6.94. The zero-order valence-electron chi connectivity index (χ0n) is 8.18. The molecule has 0 atom stereocenters. The van der Waals surface area contributed by atoms with E-state index in [1.54, 1.807) is 6.92 Å². The van der Waals surface area contributed by atoms with Crippen LogP contribution in [0.3, 0.4) is 0 Å². The third-order valence-electron chi connectivity index (χ3n) is 1.06. The highest BCUT2D eigenvalue weighted by Crippen LogP contribution is 1.69. The van der Waals surface area contributed by atoms with Gasteiger partial charge in [-0.05, 0) is 6.92 Å². The van der Waals surface area contributed by atoms with E-state index in [9.17, 15) is 0 Å². The van der Waals surface area contributed by atoms with E-state index in [0.717, 1.165) is 0 Å². The predicted molar refractivity (Wildman–Crippen MR) is 59.5 cm³/mol. The lowest BCUT2D eigenvalue weighted by Gasteiger charge is -1.97. The average Bonchev–Trinajstić information content (AvgIpc) is 2.25. The van der Waals surface area contributed by atoms with Crippen molar-refractivity contribution in [3.8, 4) is 0 Å². The molecule has 15 heavy (non-hydrogen) atoms. The zero-order valence-corrected chi connectivity index (χ0v) is 8.18. The van der Waals surface area contributed by atoms with Crippen LogP contribution in [0, 0.1) is 0 Å². The maximum absolute atomic E-state index is 5.21. The predicted octanol–water partition coefficient (Wildman–Crippen LogP) is -3.10. The van der Waals surface area contributed by atoms with Gasteiger partial charge in [-0.15, -0.1) is 10.2 Å². The number of rotatable bonds is 3. The van der Waals surface area contributed by atoms with Gasteiger partial charge in [-0.25, -0.2) is 10.9 Å². The van der Waals surface area contributed by atoms with E-state index in [-0.39, 0.29) is 11.9 Å². The van der Waals surface area contributed by atoms with Crippen LogP contribution in [0.2, 0.25) is 0 Å². The minimum Gasteiger partial charge on any atom is -0.367 e. The van der Waals surface area contributed by atoms with Crippen LogP contribution in [-0.2, 0) is 0 Å². The fraction of sp³-hybridized carbons (Fsp3) is 0.200. The highest BCUT2D eigenvalue weighted by Gasteiger charge is 1.88. The molecule has 0 heterocycles. The fourth-order valence-electron chi connectivity index (χ4n) is 0.424. The van der Waals surface area contributed by atoms with Crippen molar-refractivity contribution in [3.63, 3.8) is 0 Å². The van der Waals surface area contributed by atoms with E-state index < -0.39 is 0 Å². The van der Waals surface area contributed by atoms with Gasteiger partial charge in [0.25, 0.3) is 0 Å². The summed E-state index contributed by atoms with van der Waals surface area (Å²) in [5, 5.41) is 13.7. The Balaban J connectivity index is 4.07. The lowest BCUT2D eigenvalue weighted by Crippen LogP contribution is -2.30. The second-order valence-corrected chi connectivity index (χ2v) is 2.26. The highest BCUT2D eigenvalue weighted by atomic mass is 15.4. The van der Waals surface area contributed by atoms with Crippen LogP contribution in [-0.4, -0.2) is 23.8 Å².